The summed E-state index contributed by atoms with van der Waals surface area (Å²) in [5.74, 6) is -2.11. The number of carbonyl (C=O) groups excluding carboxylic acids is 2. The van der Waals surface area contributed by atoms with Crippen molar-refractivity contribution in [2.45, 2.75) is 25.9 Å². The lowest BCUT2D eigenvalue weighted by atomic mass is 9.94. The predicted molar refractivity (Wildman–Crippen MR) is 146 cm³/mol. The van der Waals surface area contributed by atoms with E-state index in [4.69, 9.17) is 4.74 Å². The van der Waals surface area contributed by atoms with Gasteiger partial charge in [-0.15, -0.1) is 13.2 Å². The fourth-order valence-corrected chi connectivity index (χ4v) is 4.71. The molecular weight excluding hydrogens is 535 g/mol. The Morgan fingerprint density at radius 1 is 0.878 bits per heavy atom. The third-order valence-corrected chi connectivity index (χ3v) is 6.59. The molecule has 1 unspecified atom stereocenters. The first kappa shape index (κ1) is 27.5. The van der Waals surface area contributed by atoms with Crippen LogP contribution >= 0.6 is 0 Å². The van der Waals surface area contributed by atoms with E-state index >= 15 is 0 Å². The van der Waals surface area contributed by atoms with Gasteiger partial charge in [-0.3, -0.25) is 14.5 Å². The number of hydrogen-bond donors (Lipinski definition) is 1. The molecule has 1 amide bonds. The van der Waals surface area contributed by atoms with Crippen LogP contribution in [0.5, 0.6) is 11.5 Å². The number of amides is 1. The van der Waals surface area contributed by atoms with E-state index in [0.717, 1.165) is 22.6 Å². The molecule has 1 N–H and O–H groups in total. The quantitative estimate of drug-likeness (QED) is 0.149. The fraction of sp³-hybridized carbons (Fsp3) is 0.125. The van der Waals surface area contributed by atoms with Crippen molar-refractivity contribution in [3.63, 3.8) is 0 Å². The molecule has 0 bridgehead atoms. The highest BCUT2D eigenvalue weighted by Crippen LogP contribution is 2.43. The molecule has 5 rings (SSSR count). The highest BCUT2D eigenvalue weighted by atomic mass is 19.4. The lowest BCUT2D eigenvalue weighted by molar-refractivity contribution is -0.274. The number of ether oxygens (including phenoxy) is 2. The number of ketones is 1. The molecule has 0 saturated carbocycles. The van der Waals surface area contributed by atoms with E-state index in [2.05, 4.69) is 4.74 Å². The maximum atomic E-state index is 13.3. The van der Waals surface area contributed by atoms with Crippen molar-refractivity contribution in [3.05, 3.63) is 131 Å². The monoisotopic (exact) mass is 559 g/mol. The van der Waals surface area contributed by atoms with E-state index in [9.17, 15) is 27.9 Å². The van der Waals surface area contributed by atoms with Gasteiger partial charge in [0.1, 0.15) is 23.9 Å². The predicted octanol–water partition coefficient (Wildman–Crippen LogP) is 7.10. The number of rotatable bonds is 7. The molecule has 6 nitrogen and oxygen atoms in total. The number of Topliss-reactive ketones (excluding diaryl/α,β-unsaturated/α-hetero) is 1. The maximum Gasteiger partial charge on any atom is 0.573 e. The summed E-state index contributed by atoms with van der Waals surface area (Å²) in [6.07, 6.45) is -4.88. The zero-order valence-corrected chi connectivity index (χ0v) is 21.8. The van der Waals surface area contributed by atoms with Crippen LogP contribution in [0.15, 0.2) is 109 Å². The van der Waals surface area contributed by atoms with E-state index in [-0.39, 0.29) is 17.0 Å². The lowest BCUT2D eigenvalue weighted by Gasteiger charge is -2.25. The second kappa shape index (κ2) is 11.2. The van der Waals surface area contributed by atoms with Crippen molar-refractivity contribution < 1.29 is 37.3 Å². The fourth-order valence-electron chi connectivity index (χ4n) is 4.71. The molecule has 1 aliphatic rings. The highest BCUT2D eigenvalue weighted by Gasteiger charge is 2.47. The van der Waals surface area contributed by atoms with Gasteiger partial charge in [-0.05, 0) is 66.1 Å². The first-order chi connectivity index (χ1) is 19.6. The Bertz CT molecular complexity index is 1600. The summed E-state index contributed by atoms with van der Waals surface area (Å²) in [4.78, 5) is 27.8. The van der Waals surface area contributed by atoms with E-state index in [1.54, 1.807) is 55.5 Å². The van der Waals surface area contributed by atoms with Crippen molar-refractivity contribution in [2.24, 2.45) is 0 Å². The standard InChI is InChI=1S/C32H24F3NO5/c1-20-18-23(12-17-26(20)40-19-21-8-4-2-5-9-21)29(37)27-28(22-10-6-3-7-11-22)36(31(39)30(27)38)24-13-15-25(16-14-24)41-32(33,34)35/h2-18,28,37H,19H2,1H3/b29-27-. The smallest absolute Gasteiger partial charge is 0.507 e. The molecule has 0 aromatic heterocycles. The van der Waals surface area contributed by atoms with E-state index in [1.165, 1.54) is 12.1 Å². The van der Waals surface area contributed by atoms with Crippen molar-refractivity contribution >= 4 is 23.1 Å². The van der Waals surface area contributed by atoms with Gasteiger partial charge in [0.2, 0.25) is 0 Å². The largest absolute Gasteiger partial charge is 0.573 e. The summed E-state index contributed by atoms with van der Waals surface area (Å²) in [6.45, 7) is 2.15. The van der Waals surface area contributed by atoms with E-state index in [0.29, 0.717) is 29.0 Å². The van der Waals surface area contributed by atoms with Crippen LogP contribution in [0.4, 0.5) is 18.9 Å². The van der Waals surface area contributed by atoms with Crippen LogP contribution in [0.1, 0.15) is 28.3 Å². The van der Waals surface area contributed by atoms with Crippen molar-refractivity contribution in [3.8, 4) is 11.5 Å². The minimum atomic E-state index is -4.88. The van der Waals surface area contributed by atoms with Crippen molar-refractivity contribution in [1.82, 2.24) is 0 Å². The van der Waals surface area contributed by atoms with Gasteiger partial charge in [0, 0.05) is 11.3 Å². The highest BCUT2D eigenvalue weighted by molar-refractivity contribution is 6.51. The minimum absolute atomic E-state index is 0.144. The summed E-state index contributed by atoms with van der Waals surface area (Å²) < 4.78 is 47.8. The number of alkyl halides is 3. The molecule has 4 aromatic carbocycles. The van der Waals surface area contributed by atoms with E-state index < -0.39 is 29.8 Å². The second-order valence-electron chi connectivity index (χ2n) is 9.38. The third-order valence-electron chi connectivity index (χ3n) is 6.59. The number of aliphatic hydroxyl groups excluding tert-OH is 1. The SMILES string of the molecule is Cc1cc(/C(O)=C2/C(=O)C(=O)N(c3ccc(OC(F)(F)F)cc3)C2c2ccccc2)ccc1OCc1ccccc1. The van der Waals surface area contributed by atoms with Crippen LogP contribution in [0.2, 0.25) is 0 Å². The number of aliphatic hydroxyl groups is 1. The number of hydrogen-bond acceptors (Lipinski definition) is 5. The molecule has 1 atom stereocenters. The topological polar surface area (TPSA) is 76.1 Å². The summed E-state index contributed by atoms with van der Waals surface area (Å²) >= 11 is 0. The first-order valence-corrected chi connectivity index (χ1v) is 12.6. The van der Waals surface area contributed by atoms with Gasteiger partial charge in [0.05, 0.1) is 11.6 Å². The Hall–Kier alpha value is -5.05. The van der Waals surface area contributed by atoms with Crippen LogP contribution in [-0.2, 0) is 16.2 Å². The Balaban J connectivity index is 1.51. The number of halogens is 3. The first-order valence-electron chi connectivity index (χ1n) is 12.6. The Kier molecular flexibility index (Phi) is 7.52. The molecular formula is C32H24F3NO5. The van der Waals surface area contributed by atoms with Gasteiger partial charge in [0.25, 0.3) is 11.7 Å². The molecule has 4 aromatic rings. The molecule has 208 valence electrons. The average molecular weight is 560 g/mol. The normalized spacial score (nSPS) is 16.6. The molecule has 41 heavy (non-hydrogen) atoms. The maximum absolute atomic E-state index is 13.3. The summed E-state index contributed by atoms with van der Waals surface area (Å²) in [5, 5.41) is 11.4. The molecule has 1 fully saturated rings. The van der Waals surface area contributed by atoms with Crippen LogP contribution in [0.3, 0.4) is 0 Å². The zero-order chi connectivity index (χ0) is 29.1. The average Bonchev–Trinajstić information content (AvgIpc) is 3.22. The summed E-state index contributed by atoms with van der Waals surface area (Å²) in [7, 11) is 0. The van der Waals surface area contributed by atoms with Crippen LogP contribution in [-0.4, -0.2) is 23.2 Å². The number of carbonyl (C=O) groups is 2. The molecule has 1 heterocycles. The molecule has 0 radical (unpaired) electrons. The van der Waals surface area contributed by atoms with Crippen LogP contribution < -0.4 is 14.4 Å². The van der Waals surface area contributed by atoms with Gasteiger partial charge in [0.15, 0.2) is 0 Å². The number of nitrogens with zero attached hydrogens (tertiary/aromatic N) is 1. The minimum Gasteiger partial charge on any atom is -0.507 e. The summed E-state index contributed by atoms with van der Waals surface area (Å²) in [5.41, 5.74) is 2.55. The van der Waals surface area contributed by atoms with Crippen LogP contribution in [0.25, 0.3) is 5.76 Å². The third kappa shape index (κ3) is 5.94. The summed E-state index contributed by atoms with van der Waals surface area (Å²) in [6, 6.07) is 26.8. The zero-order valence-electron chi connectivity index (χ0n) is 21.8. The molecule has 1 saturated heterocycles. The number of aryl methyl sites for hydroxylation is 1. The van der Waals surface area contributed by atoms with Crippen molar-refractivity contribution in [1.29, 1.82) is 0 Å². The molecule has 1 aliphatic heterocycles. The van der Waals surface area contributed by atoms with Gasteiger partial charge in [-0.2, -0.15) is 0 Å². The number of anilines is 1. The van der Waals surface area contributed by atoms with Crippen molar-refractivity contribution in [2.75, 3.05) is 4.90 Å². The molecule has 9 heteroatoms. The number of benzene rings is 4. The van der Waals surface area contributed by atoms with Gasteiger partial charge in [-0.1, -0.05) is 60.7 Å². The lowest BCUT2D eigenvalue weighted by Crippen LogP contribution is -2.29. The Morgan fingerprint density at radius 2 is 1.51 bits per heavy atom. The van der Waals surface area contributed by atoms with Gasteiger partial charge < -0.3 is 14.6 Å². The Morgan fingerprint density at radius 3 is 2.12 bits per heavy atom. The molecule has 0 aliphatic carbocycles. The second-order valence-corrected chi connectivity index (χ2v) is 9.38. The van der Waals surface area contributed by atoms with Gasteiger partial charge >= 0.3 is 6.36 Å². The van der Waals surface area contributed by atoms with Gasteiger partial charge in [-0.25, -0.2) is 0 Å². The molecule has 0 spiro atoms. The van der Waals surface area contributed by atoms with E-state index in [1.807, 2.05) is 30.3 Å². The Labute approximate surface area is 233 Å². The van der Waals surface area contributed by atoms with Crippen LogP contribution in [0, 0.1) is 6.92 Å².